The number of imidazole rings is 1. The monoisotopic (exact) mass is 534 g/mol. The lowest BCUT2D eigenvalue weighted by molar-refractivity contribution is -0.117. The van der Waals surface area contributed by atoms with Gasteiger partial charge in [-0.25, -0.2) is 27.2 Å². The number of fused-ring (bicyclic) bond motifs is 1. The minimum atomic E-state index is -3.63. The van der Waals surface area contributed by atoms with Crippen molar-refractivity contribution in [3.8, 4) is 0 Å². The van der Waals surface area contributed by atoms with E-state index in [-0.39, 0.29) is 40.6 Å². The Hall–Kier alpha value is -3.32. The first kappa shape index (κ1) is 25.3. The van der Waals surface area contributed by atoms with E-state index < -0.39 is 22.3 Å². The standard InChI is InChI=1S/C24H28F2N6O4S/c1-32(37(2,34)35)17-11-14(18-5-3-4-10-36-18)8-9-15(17)27-16-12-19(29-24(33)13-6-7-13)28-22-20(16)30-23(31-22)21(25)26/h8-9,11-13,18,21H,3-7,10H2,1-2H3,(H3,27,28,29,30,31,33)/t18-/m0/s1. The molecule has 1 atom stereocenters. The molecule has 1 aromatic carbocycles. The number of halogens is 2. The number of hydrogen-bond donors (Lipinski definition) is 3. The van der Waals surface area contributed by atoms with Gasteiger partial charge in [0.2, 0.25) is 15.9 Å². The first-order chi connectivity index (χ1) is 17.6. The summed E-state index contributed by atoms with van der Waals surface area (Å²) < 4.78 is 58.8. The predicted molar refractivity (Wildman–Crippen MR) is 136 cm³/mol. The molecule has 37 heavy (non-hydrogen) atoms. The predicted octanol–water partition coefficient (Wildman–Crippen LogP) is 4.63. The van der Waals surface area contributed by atoms with Crippen molar-refractivity contribution >= 4 is 50.0 Å². The number of amides is 1. The third kappa shape index (κ3) is 5.52. The Bertz CT molecular complexity index is 1430. The van der Waals surface area contributed by atoms with E-state index in [1.807, 2.05) is 6.07 Å². The molecule has 0 unspecified atom stereocenters. The van der Waals surface area contributed by atoms with Crippen LogP contribution in [0.5, 0.6) is 0 Å². The molecule has 5 rings (SSSR count). The van der Waals surface area contributed by atoms with Crippen molar-refractivity contribution in [2.75, 3.05) is 34.8 Å². The molecule has 3 heterocycles. The number of alkyl halides is 2. The zero-order valence-corrected chi connectivity index (χ0v) is 21.2. The van der Waals surface area contributed by atoms with Gasteiger partial charge in [0.1, 0.15) is 11.3 Å². The number of nitrogens with zero attached hydrogens (tertiary/aromatic N) is 3. The molecule has 2 aromatic heterocycles. The van der Waals surface area contributed by atoms with E-state index in [1.165, 1.54) is 13.1 Å². The Balaban J connectivity index is 1.57. The van der Waals surface area contributed by atoms with Crippen molar-refractivity contribution in [2.24, 2.45) is 5.92 Å². The lowest BCUT2D eigenvalue weighted by atomic mass is 10.0. The van der Waals surface area contributed by atoms with E-state index in [4.69, 9.17) is 4.74 Å². The van der Waals surface area contributed by atoms with Crippen LogP contribution in [0, 0.1) is 5.92 Å². The summed E-state index contributed by atoms with van der Waals surface area (Å²) in [6, 6.07) is 6.82. The Morgan fingerprint density at radius 2 is 1.95 bits per heavy atom. The summed E-state index contributed by atoms with van der Waals surface area (Å²) >= 11 is 0. The molecule has 0 bridgehead atoms. The van der Waals surface area contributed by atoms with Crippen LogP contribution in [-0.4, -0.2) is 49.2 Å². The van der Waals surface area contributed by atoms with E-state index in [9.17, 15) is 22.0 Å². The third-order valence-electron chi connectivity index (χ3n) is 6.56. The second-order valence-corrected chi connectivity index (χ2v) is 11.4. The molecule has 1 saturated carbocycles. The van der Waals surface area contributed by atoms with Crippen molar-refractivity contribution in [1.29, 1.82) is 0 Å². The first-order valence-corrected chi connectivity index (χ1v) is 13.9. The minimum absolute atomic E-state index is 0.0663. The fourth-order valence-electron chi connectivity index (χ4n) is 4.29. The summed E-state index contributed by atoms with van der Waals surface area (Å²) in [7, 11) is -2.19. The Morgan fingerprint density at radius 3 is 2.59 bits per heavy atom. The zero-order valence-electron chi connectivity index (χ0n) is 20.4. The topological polar surface area (TPSA) is 129 Å². The van der Waals surface area contributed by atoms with E-state index in [0.29, 0.717) is 18.0 Å². The quantitative estimate of drug-likeness (QED) is 0.384. The van der Waals surface area contributed by atoms with Crippen molar-refractivity contribution < 1.29 is 26.7 Å². The van der Waals surface area contributed by atoms with Gasteiger partial charge in [-0.15, -0.1) is 0 Å². The minimum Gasteiger partial charge on any atom is -0.374 e. The molecule has 0 spiro atoms. The van der Waals surface area contributed by atoms with E-state index in [0.717, 1.165) is 48.2 Å². The number of hydrogen-bond acceptors (Lipinski definition) is 7. The van der Waals surface area contributed by atoms with Crippen LogP contribution in [0.4, 0.5) is 31.7 Å². The van der Waals surface area contributed by atoms with Gasteiger partial charge in [0.05, 0.1) is 29.4 Å². The molecule has 1 aliphatic carbocycles. The lowest BCUT2D eigenvalue weighted by Crippen LogP contribution is -2.26. The molecule has 2 fully saturated rings. The molecular formula is C24H28F2N6O4S. The number of benzene rings is 1. The Kier molecular flexibility index (Phi) is 6.75. The largest absolute Gasteiger partial charge is 0.374 e. The fraction of sp³-hybridized carbons (Fsp3) is 0.458. The first-order valence-electron chi connectivity index (χ1n) is 12.1. The summed E-state index contributed by atoms with van der Waals surface area (Å²) in [5.41, 5.74) is 2.08. The SMILES string of the molecule is CN(c1cc([C@@H]2CCCCO2)ccc1Nc1cc(NC(=O)C2CC2)nc2[nH]c(C(F)F)nc12)S(C)(=O)=O. The van der Waals surface area contributed by atoms with Crippen molar-refractivity contribution in [1.82, 2.24) is 15.0 Å². The van der Waals surface area contributed by atoms with Gasteiger partial charge < -0.3 is 20.4 Å². The van der Waals surface area contributed by atoms with E-state index in [1.54, 1.807) is 12.1 Å². The van der Waals surface area contributed by atoms with Gasteiger partial charge in [-0.05, 0) is 49.8 Å². The number of carbonyl (C=O) groups excluding carboxylic acids is 1. The number of nitrogens with one attached hydrogen (secondary N) is 3. The summed E-state index contributed by atoms with van der Waals surface area (Å²) in [5, 5.41) is 5.87. The Labute approximate surface area is 212 Å². The van der Waals surface area contributed by atoms with Gasteiger partial charge in [-0.1, -0.05) is 6.07 Å². The molecule has 3 N–H and O–H groups in total. The van der Waals surface area contributed by atoms with Gasteiger partial charge in [-0.2, -0.15) is 0 Å². The van der Waals surface area contributed by atoms with Crippen molar-refractivity contribution in [2.45, 2.75) is 44.6 Å². The van der Waals surface area contributed by atoms with Crippen LogP contribution in [0.1, 0.15) is 56.0 Å². The van der Waals surface area contributed by atoms with Gasteiger partial charge in [0.15, 0.2) is 11.5 Å². The van der Waals surface area contributed by atoms with Gasteiger partial charge >= 0.3 is 0 Å². The highest BCUT2D eigenvalue weighted by Crippen LogP contribution is 2.38. The second kappa shape index (κ2) is 9.86. The number of aromatic nitrogens is 3. The summed E-state index contributed by atoms with van der Waals surface area (Å²) in [4.78, 5) is 23.1. The van der Waals surface area contributed by atoms with Crippen LogP contribution in [0.3, 0.4) is 0 Å². The van der Waals surface area contributed by atoms with Crippen LogP contribution in [0.2, 0.25) is 0 Å². The molecule has 2 aliphatic rings. The maximum atomic E-state index is 13.4. The van der Waals surface area contributed by atoms with E-state index >= 15 is 0 Å². The highest BCUT2D eigenvalue weighted by Gasteiger charge is 2.30. The molecule has 13 heteroatoms. The van der Waals surface area contributed by atoms with Gasteiger partial charge in [-0.3, -0.25) is 9.10 Å². The smallest absolute Gasteiger partial charge is 0.295 e. The van der Waals surface area contributed by atoms with Crippen LogP contribution in [0.25, 0.3) is 11.2 Å². The molecule has 3 aromatic rings. The Morgan fingerprint density at radius 1 is 1.16 bits per heavy atom. The van der Waals surface area contributed by atoms with Gasteiger partial charge in [0.25, 0.3) is 6.43 Å². The number of ether oxygens (including phenoxy) is 1. The lowest BCUT2D eigenvalue weighted by Gasteiger charge is -2.26. The van der Waals surface area contributed by atoms with Crippen molar-refractivity contribution in [3.05, 3.63) is 35.7 Å². The molecule has 0 radical (unpaired) electrons. The number of sulfonamides is 1. The maximum absolute atomic E-state index is 13.4. The maximum Gasteiger partial charge on any atom is 0.295 e. The van der Waals surface area contributed by atoms with Crippen LogP contribution in [0.15, 0.2) is 24.3 Å². The molecule has 1 saturated heterocycles. The highest BCUT2D eigenvalue weighted by atomic mass is 32.2. The van der Waals surface area contributed by atoms with Crippen LogP contribution < -0.4 is 14.9 Å². The summed E-state index contributed by atoms with van der Waals surface area (Å²) in [6.45, 7) is 0.637. The zero-order chi connectivity index (χ0) is 26.3. The number of aromatic amines is 1. The molecule has 1 aliphatic heterocycles. The van der Waals surface area contributed by atoms with E-state index in [2.05, 4.69) is 25.6 Å². The number of anilines is 4. The third-order valence-corrected chi connectivity index (χ3v) is 7.75. The average molecular weight is 535 g/mol. The molecular weight excluding hydrogens is 506 g/mol. The highest BCUT2D eigenvalue weighted by molar-refractivity contribution is 7.92. The number of H-pyrrole nitrogens is 1. The summed E-state index contributed by atoms with van der Waals surface area (Å²) in [5.74, 6) is -0.673. The van der Waals surface area contributed by atoms with Crippen LogP contribution >= 0.6 is 0 Å². The number of carbonyl (C=O) groups is 1. The van der Waals surface area contributed by atoms with Crippen LogP contribution in [-0.2, 0) is 19.6 Å². The normalized spacial score (nSPS) is 18.2. The van der Waals surface area contributed by atoms with Gasteiger partial charge in [0, 0.05) is 25.6 Å². The molecule has 10 nitrogen and oxygen atoms in total. The fourth-order valence-corrected chi connectivity index (χ4v) is 4.80. The molecule has 1 amide bonds. The molecule has 198 valence electrons. The van der Waals surface area contributed by atoms with Crippen molar-refractivity contribution in [3.63, 3.8) is 0 Å². The number of rotatable bonds is 8. The number of pyridine rings is 1. The summed E-state index contributed by atoms with van der Waals surface area (Å²) in [6.07, 6.45) is 2.49. The average Bonchev–Trinajstić information content (AvgIpc) is 3.62. The second-order valence-electron chi connectivity index (χ2n) is 9.43.